The van der Waals surface area contributed by atoms with Crippen molar-refractivity contribution in [1.29, 1.82) is 0 Å². The number of hydrogen-bond acceptors (Lipinski definition) is 5. The molecule has 0 bridgehead atoms. The van der Waals surface area contributed by atoms with E-state index in [2.05, 4.69) is 4.90 Å². The topological polar surface area (TPSA) is 53.1 Å². The standard InChI is InChI=1S/C21H25F2N3O3S/c1-24-21(17-8-5-9-18(22)20(17)23)19(15-29-24)30(27,28)26-12-10-25(11-13-26)14-16-6-3-2-4-7-16/h2-9,19,21H,10-15H2,1H3/t19-,21-/m1/s1. The molecule has 0 aliphatic carbocycles. The number of hydroxylamine groups is 2. The van der Waals surface area contributed by atoms with Crippen LogP contribution >= 0.6 is 0 Å². The highest BCUT2D eigenvalue weighted by molar-refractivity contribution is 7.89. The van der Waals surface area contributed by atoms with E-state index in [0.29, 0.717) is 26.2 Å². The van der Waals surface area contributed by atoms with Gasteiger partial charge in [-0.2, -0.15) is 9.37 Å². The summed E-state index contributed by atoms with van der Waals surface area (Å²) in [6.07, 6.45) is 0. The van der Waals surface area contributed by atoms with Gasteiger partial charge in [0, 0.05) is 45.3 Å². The Kier molecular flexibility index (Phi) is 6.17. The first kappa shape index (κ1) is 21.3. The van der Waals surface area contributed by atoms with E-state index in [9.17, 15) is 17.2 Å². The normalized spacial score (nSPS) is 24.4. The summed E-state index contributed by atoms with van der Waals surface area (Å²) in [5.74, 6) is -2.04. The molecule has 2 fully saturated rings. The van der Waals surface area contributed by atoms with Crippen molar-refractivity contribution >= 4 is 10.0 Å². The third-order valence-corrected chi connectivity index (χ3v) is 8.05. The van der Waals surface area contributed by atoms with Crippen LogP contribution in [0.5, 0.6) is 0 Å². The number of halogens is 2. The molecule has 0 aromatic heterocycles. The van der Waals surface area contributed by atoms with E-state index in [1.807, 2.05) is 30.3 Å². The monoisotopic (exact) mass is 437 g/mol. The zero-order chi connectivity index (χ0) is 21.3. The smallest absolute Gasteiger partial charge is 0.221 e. The maximum Gasteiger partial charge on any atom is 0.221 e. The van der Waals surface area contributed by atoms with Gasteiger partial charge in [-0.1, -0.05) is 42.5 Å². The van der Waals surface area contributed by atoms with Crippen molar-refractivity contribution in [2.45, 2.75) is 17.8 Å². The minimum Gasteiger partial charge on any atom is -0.297 e. The first-order valence-electron chi connectivity index (χ1n) is 9.93. The van der Waals surface area contributed by atoms with E-state index in [1.165, 1.54) is 27.1 Å². The third-order valence-electron chi connectivity index (χ3n) is 5.81. The fraction of sp³-hybridized carbons (Fsp3) is 0.429. The molecule has 0 radical (unpaired) electrons. The predicted octanol–water partition coefficient (Wildman–Crippen LogP) is 2.40. The zero-order valence-electron chi connectivity index (χ0n) is 16.7. The Morgan fingerprint density at radius 1 is 1.00 bits per heavy atom. The number of sulfonamides is 1. The molecule has 30 heavy (non-hydrogen) atoms. The Morgan fingerprint density at radius 2 is 1.70 bits per heavy atom. The van der Waals surface area contributed by atoms with Crippen LogP contribution < -0.4 is 0 Å². The van der Waals surface area contributed by atoms with Crippen molar-refractivity contribution in [3.8, 4) is 0 Å². The van der Waals surface area contributed by atoms with Crippen molar-refractivity contribution in [3.63, 3.8) is 0 Å². The lowest BCUT2D eigenvalue weighted by atomic mass is 10.0. The average molecular weight is 438 g/mol. The minimum absolute atomic E-state index is 0.00807. The van der Waals surface area contributed by atoms with E-state index in [1.54, 1.807) is 7.05 Å². The summed E-state index contributed by atoms with van der Waals surface area (Å²) in [7, 11) is -2.22. The van der Waals surface area contributed by atoms with Crippen LogP contribution in [0.3, 0.4) is 0 Å². The molecule has 0 saturated carbocycles. The van der Waals surface area contributed by atoms with Crippen molar-refractivity contribution in [2.75, 3.05) is 39.8 Å². The molecule has 2 heterocycles. The number of piperazine rings is 1. The minimum atomic E-state index is -3.77. The summed E-state index contributed by atoms with van der Waals surface area (Å²) in [5.41, 5.74) is 1.17. The molecule has 2 aromatic rings. The molecule has 6 nitrogen and oxygen atoms in total. The van der Waals surface area contributed by atoms with Gasteiger partial charge in [0.15, 0.2) is 11.6 Å². The van der Waals surface area contributed by atoms with Crippen LogP contribution in [-0.2, 0) is 21.4 Å². The molecule has 2 saturated heterocycles. The Labute approximate surface area is 175 Å². The van der Waals surface area contributed by atoms with E-state index < -0.39 is 32.9 Å². The van der Waals surface area contributed by atoms with E-state index >= 15 is 0 Å². The Hall–Kier alpha value is -1.91. The number of benzene rings is 2. The lowest BCUT2D eigenvalue weighted by Gasteiger charge is -2.36. The summed E-state index contributed by atoms with van der Waals surface area (Å²) in [6, 6.07) is 12.9. The molecular weight excluding hydrogens is 412 g/mol. The van der Waals surface area contributed by atoms with Crippen molar-refractivity contribution in [1.82, 2.24) is 14.3 Å². The van der Waals surface area contributed by atoms with Gasteiger partial charge >= 0.3 is 0 Å². The van der Waals surface area contributed by atoms with Crippen LogP contribution in [0.15, 0.2) is 48.5 Å². The van der Waals surface area contributed by atoms with Gasteiger partial charge in [0.2, 0.25) is 10.0 Å². The molecule has 2 aromatic carbocycles. The van der Waals surface area contributed by atoms with E-state index in [4.69, 9.17) is 4.84 Å². The SMILES string of the molecule is CN1OC[C@@H](S(=O)(=O)N2CCN(Cc3ccccc3)CC2)[C@H]1c1cccc(F)c1F. The molecule has 0 spiro atoms. The Balaban J connectivity index is 1.48. The van der Waals surface area contributed by atoms with Gasteiger partial charge in [-0.05, 0) is 11.6 Å². The average Bonchev–Trinajstić information content (AvgIpc) is 3.13. The van der Waals surface area contributed by atoms with E-state index in [0.717, 1.165) is 12.6 Å². The highest BCUT2D eigenvalue weighted by atomic mass is 32.2. The van der Waals surface area contributed by atoms with Gasteiger partial charge in [-0.25, -0.2) is 17.2 Å². The Morgan fingerprint density at radius 3 is 2.40 bits per heavy atom. The van der Waals surface area contributed by atoms with Gasteiger partial charge in [0.25, 0.3) is 0 Å². The quantitative estimate of drug-likeness (QED) is 0.719. The predicted molar refractivity (Wildman–Crippen MR) is 109 cm³/mol. The molecule has 2 aliphatic rings. The van der Waals surface area contributed by atoms with Gasteiger partial charge in [-0.15, -0.1) is 0 Å². The van der Waals surface area contributed by atoms with Gasteiger partial charge in [-0.3, -0.25) is 9.74 Å². The molecule has 0 N–H and O–H groups in total. The lowest BCUT2D eigenvalue weighted by Crippen LogP contribution is -2.52. The zero-order valence-corrected chi connectivity index (χ0v) is 17.6. The summed E-state index contributed by atoms with van der Waals surface area (Å²) < 4.78 is 56.4. The van der Waals surface area contributed by atoms with Crippen molar-refractivity contribution in [3.05, 3.63) is 71.3 Å². The van der Waals surface area contributed by atoms with Crippen LogP contribution in [0.1, 0.15) is 17.2 Å². The lowest BCUT2D eigenvalue weighted by molar-refractivity contribution is -0.111. The second kappa shape index (κ2) is 8.68. The maximum atomic E-state index is 14.4. The number of hydrogen-bond donors (Lipinski definition) is 0. The first-order chi connectivity index (χ1) is 14.4. The summed E-state index contributed by atoms with van der Waals surface area (Å²) in [4.78, 5) is 7.64. The van der Waals surface area contributed by atoms with Crippen LogP contribution in [0.2, 0.25) is 0 Å². The number of rotatable bonds is 5. The van der Waals surface area contributed by atoms with Crippen LogP contribution in [0, 0.1) is 11.6 Å². The van der Waals surface area contributed by atoms with Gasteiger partial charge in [0.1, 0.15) is 5.25 Å². The third kappa shape index (κ3) is 4.13. The van der Waals surface area contributed by atoms with Gasteiger partial charge in [0.05, 0.1) is 12.6 Å². The van der Waals surface area contributed by atoms with Crippen LogP contribution in [-0.4, -0.2) is 67.8 Å². The maximum absolute atomic E-state index is 14.4. The molecule has 0 amide bonds. The molecule has 0 unspecified atom stereocenters. The number of nitrogens with zero attached hydrogens (tertiary/aromatic N) is 3. The summed E-state index contributed by atoms with van der Waals surface area (Å²) in [6.45, 7) is 2.60. The van der Waals surface area contributed by atoms with Crippen LogP contribution in [0.4, 0.5) is 8.78 Å². The molecular formula is C21H25F2N3O3S. The van der Waals surface area contributed by atoms with Crippen molar-refractivity contribution in [2.24, 2.45) is 0 Å². The second-order valence-electron chi connectivity index (χ2n) is 7.67. The molecule has 2 aliphatic heterocycles. The molecule has 2 atom stereocenters. The van der Waals surface area contributed by atoms with Gasteiger partial charge < -0.3 is 0 Å². The van der Waals surface area contributed by atoms with Crippen molar-refractivity contribution < 1.29 is 22.0 Å². The van der Waals surface area contributed by atoms with Crippen LogP contribution in [0.25, 0.3) is 0 Å². The summed E-state index contributed by atoms with van der Waals surface area (Å²) >= 11 is 0. The van der Waals surface area contributed by atoms with E-state index in [-0.39, 0.29) is 12.2 Å². The molecule has 9 heteroatoms. The Bertz CT molecular complexity index is 982. The molecule has 4 rings (SSSR count). The molecule has 162 valence electrons. The highest BCUT2D eigenvalue weighted by Gasteiger charge is 2.47. The largest absolute Gasteiger partial charge is 0.297 e. The summed E-state index contributed by atoms with van der Waals surface area (Å²) in [5, 5.41) is 0.311. The first-order valence-corrected chi connectivity index (χ1v) is 11.4. The fourth-order valence-electron chi connectivity index (χ4n) is 4.17. The second-order valence-corrected chi connectivity index (χ2v) is 9.83. The fourth-order valence-corrected chi connectivity index (χ4v) is 6.10. The highest BCUT2D eigenvalue weighted by Crippen LogP contribution is 2.36.